The number of nitrogens with one attached hydrogen (secondary N) is 2. The van der Waals surface area contributed by atoms with Crippen LogP contribution in [-0.2, 0) is 19.1 Å². The van der Waals surface area contributed by atoms with Crippen LogP contribution in [0.25, 0.3) is 0 Å². The van der Waals surface area contributed by atoms with Gasteiger partial charge >= 0.3 is 5.97 Å². The van der Waals surface area contributed by atoms with E-state index in [1.807, 2.05) is 0 Å². The molecule has 0 aromatic rings. The molecule has 0 radical (unpaired) electrons. The molecule has 0 aromatic carbocycles. The van der Waals surface area contributed by atoms with E-state index in [2.05, 4.69) is 10.6 Å². The Balaban J connectivity index is 2.65. The Hall–Kier alpha value is -1.63. The number of rotatable bonds is 4. The molecule has 3 N–H and O–H groups in total. The number of carboxylic acid groups (broad SMARTS) is 1. The molecule has 7 heteroatoms. The van der Waals surface area contributed by atoms with Gasteiger partial charge in [-0.3, -0.25) is 9.59 Å². The Kier molecular flexibility index (Phi) is 4.06. The minimum absolute atomic E-state index is 0.0547. The van der Waals surface area contributed by atoms with Crippen molar-refractivity contribution >= 4 is 17.8 Å². The monoisotopic (exact) mass is 244 g/mol. The SMILES string of the molecule is CC(=O)NC(C)C(=O)NC1(C(=O)O)CCOC1. The van der Waals surface area contributed by atoms with E-state index in [9.17, 15) is 14.4 Å². The molecule has 0 bridgehead atoms. The van der Waals surface area contributed by atoms with Crippen LogP contribution < -0.4 is 10.6 Å². The van der Waals surface area contributed by atoms with E-state index >= 15 is 0 Å². The summed E-state index contributed by atoms with van der Waals surface area (Å²) in [7, 11) is 0. The first-order valence-electron chi connectivity index (χ1n) is 5.28. The molecule has 1 fully saturated rings. The van der Waals surface area contributed by atoms with Gasteiger partial charge in [-0.2, -0.15) is 0 Å². The lowest BCUT2D eigenvalue weighted by atomic mass is 9.98. The molecule has 1 saturated heterocycles. The quantitative estimate of drug-likeness (QED) is 0.580. The van der Waals surface area contributed by atoms with Crippen molar-refractivity contribution in [1.82, 2.24) is 10.6 Å². The van der Waals surface area contributed by atoms with Crippen LogP contribution in [0.1, 0.15) is 20.3 Å². The molecule has 1 heterocycles. The third kappa shape index (κ3) is 3.16. The van der Waals surface area contributed by atoms with Crippen LogP contribution in [0.4, 0.5) is 0 Å². The zero-order valence-electron chi connectivity index (χ0n) is 9.78. The Bertz CT molecular complexity index is 336. The van der Waals surface area contributed by atoms with Crippen molar-refractivity contribution < 1.29 is 24.2 Å². The third-order valence-electron chi connectivity index (χ3n) is 2.61. The molecule has 1 rings (SSSR count). The van der Waals surface area contributed by atoms with E-state index in [4.69, 9.17) is 9.84 Å². The predicted octanol–water partition coefficient (Wildman–Crippen LogP) is -1.13. The highest BCUT2D eigenvalue weighted by atomic mass is 16.5. The first-order valence-corrected chi connectivity index (χ1v) is 5.28. The third-order valence-corrected chi connectivity index (χ3v) is 2.61. The van der Waals surface area contributed by atoms with Gasteiger partial charge in [0.25, 0.3) is 0 Å². The summed E-state index contributed by atoms with van der Waals surface area (Å²) in [6.07, 6.45) is 0.223. The zero-order chi connectivity index (χ0) is 13.1. The predicted molar refractivity (Wildman–Crippen MR) is 57.2 cm³/mol. The Morgan fingerprint density at radius 3 is 2.47 bits per heavy atom. The van der Waals surface area contributed by atoms with Gasteiger partial charge in [0.1, 0.15) is 6.04 Å². The number of carboxylic acids is 1. The second-order valence-electron chi connectivity index (χ2n) is 4.10. The molecule has 1 aliphatic heterocycles. The number of hydrogen-bond acceptors (Lipinski definition) is 4. The van der Waals surface area contributed by atoms with Crippen LogP contribution in [0.2, 0.25) is 0 Å². The molecule has 2 unspecified atom stereocenters. The molecule has 7 nitrogen and oxygen atoms in total. The number of amides is 2. The largest absolute Gasteiger partial charge is 0.479 e. The average molecular weight is 244 g/mol. The lowest BCUT2D eigenvalue weighted by molar-refractivity contribution is -0.148. The van der Waals surface area contributed by atoms with Crippen molar-refractivity contribution in [2.45, 2.75) is 31.8 Å². The van der Waals surface area contributed by atoms with E-state index < -0.39 is 23.5 Å². The van der Waals surface area contributed by atoms with Gasteiger partial charge in [0.15, 0.2) is 5.54 Å². The fourth-order valence-corrected chi connectivity index (χ4v) is 1.60. The number of carbonyl (C=O) groups is 3. The van der Waals surface area contributed by atoms with Gasteiger partial charge in [-0.25, -0.2) is 4.79 Å². The van der Waals surface area contributed by atoms with Crippen LogP contribution in [-0.4, -0.2) is 47.7 Å². The van der Waals surface area contributed by atoms with Crippen LogP contribution >= 0.6 is 0 Å². The van der Waals surface area contributed by atoms with Gasteiger partial charge in [0.05, 0.1) is 6.61 Å². The van der Waals surface area contributed by atoms with E-state index in [1.54, 1.807) is 0 Å². The maximum Gasteiger partial charge on any atom is 0.331 e. The molecule has 2 amide bonds. The molecular weight excluding hydrogens is 228 g/mol. The second kappa shape index (κ2) is 5.13. The van der Waals surface area contributed by atoms with Crippen molar-refractivity contribution in [2.24, 2.45) is 0 Å². The van der Waals surface area contributed by atoms with E-state index in [-0.39, 0.29) is 18.9 Å². The van der Waals surface area contributed by atoms with Crippen LogP contribution in [0.15, 0.2) is 0 Å². The van der Waals surface area contributed by atoms with Crippen molar-refractivity contribution in [3.8, 4) is 0 Å². The molecule has 0 aromatic heterocycles. The number of ether oxygens (including phenoxy) is 1. The van der Waals surface area contributed by atoms with Gasteiger partial charge in [0, 0.05) is 20.0 Å². The van der Waals surface area contributed by atoms with Crippen molar-refractivity contribution in [2.75, 3.05) is 13.2 Å². The maximum atomic E-state index is 11.7. The Morgan fingerprint density at radius 2 is 2.06 bits per heavy atom. The molecule has 0 saturated carbocycles. The van der Waals surface area contributed by atoms with Crippen LogP contribution in [0.3, 0.4) is 0 Å². The number of hydrogen-bond donors (Lipinski definition) is 3. The van der Waals surface area contributed by atoms with Crippen LogP contribution in [0, 0.1) is 0 Å². The van der Waals surface area contributed by atoms with Gasteiger partial charge in [0.2, 0.25) is 11.8 Å². The van der Waals surface area contributed by atoms with E-state index in [1.165, 1.54) is 13.8 Å². The maximum absolute atomic E-state index is 11.7. The van der Waals surface area contributed by atoms with Crippen LogP contribution in [0.5, 0.6) is 0 Å². The minimum Gasteiger partial charge on any atom is -0.479 e. The Morgan fingerprint density at radius 1 is 1.41 bits per heavy atom. The van der Waals surface area contributed by atoms with Crippen molar-refractivity contribution in [3.05, 3.63) is 0 Å². The van der Waals surface area contributed by atoms with E-state index in [0.29, 0.717) is 6.61 Å². The smallest absolute Gasteiger partial charge is 0.331 e. The highest BCUT2D eigenvalue weighted by molar-refractivity contribution is 5.91. The lowest BCUT2D eigenvalue weighted by Crippen LogP contribution is -2.59. The lowest BCUT2D eigenvalue weighted by Gasteiger charge is -2.25. The summed E-state index contributed by atoms with van der Waals surface area (Å²) >= 11 is 0. The first kappa shape index (κ1) is 13.4. The second-order valence-corrected chi connectivity index (χ2v) is 4.10. The summed E-state index contributed by atoms with van der Waals surface area (Å²) < 4.78 is 5.00. The molecule has 0 aliphatic carbocycles. The molecule has 2 atom stereocenters. The molecule has 1 aliphatic rings. The van der Waals surface area contributed by atoms with Gasteiger partial charge in [-0.05, 0) is 6.92 Å². The summed E-state index contributed by atoms with van der Waals surface area (Å²) in [5, 5.41) is 13.9. The van der Waals surface area contributed by atoms with E-state index in [0.717, 1.165) is 0 Å². The number of carbonyl (C=O) groups excluding carboxylic acids is 2. The molecule has 96 valence electrons. The molecule has 0 spiro atoms. The fourth-order valence-electron chi connectivity index (χ4n) is 1.60. The highest BCUT2D eigenvalue weighted by Crippen LogP contribution is 2.19. The summed E-state index contributed by atoms with van der Waals surface area (Å²) in [6, 6.07) is -0.774. The standard InChI is InChI=1S/C10H16N2O5/c1-6(11-7(2)13)8(14)12-10(9(15)16)3-4-17-5-10/h6H,3-5H2,1-2H3,(H,11,13)(H,12,14)(H,15,16). The topological polar surface area (TPSA) is 105 Å². The fraction of sp³-hybridized carbons (Fsp3) is 0.700. The minimum atomic E-state index is -1.37. The molecule has 17 heavy (non-hydrogen) atoms. The average Bonchev–Trinajstić information content (AvgIpc) is 2.66. The summed E-state index contributed by atoms with van der Waals surface area (Å²) in [5.74, 6) is -2.01. The Labute approximate surface area is 98.5 Å². The van der Waals surface area contributed by atoms with Gasteiger partial charge in [-0.1, -0.05) is 0 Å². The normalized spacial score (nSPS) is 25.1. The van der Waals surface area contributed by atoms with Crippen molar-refractivity contribution in [3.63, 3.8) is 0 Å². The molecular formula is C10H16N2O5. The summed E-state index contributed by atoms with van der Waals surface area (Å²) in [4.78, 5) is 33.6. The highest BCUT2D eigenvalue weighted by Gasteiger charge is 2.44. The van der Waals surface area contributed by atoms with Crippen molar-refractivity contribution in [1.29, 1.82) is 0 Å². The summed E-state index contributed by atoms with van der Waals surface area (Å²) in [6.45, 7) is 3.01. The summed E-state index contributed by atoms with van der Waals surface area (Å²) in [5.41, 5.74) is -1.37. The zero-order valence-corrected chi connectivity index (χ0v) is 9.78. The van der Waals surface area contributed by atoms with Gasteiger partial charge in [-0.15, -0.1) is 0 Å². The van der Waals surface area contributed by atoms with Gasteiger partial charge < -0.3 is 20.5 Å². The first-order chi connectivity index (χ1) is 7.87. The number of aliphatic carboxylic acids is 1.